The molecule has 0 spiro atoms. The summed E-state index contributed by atoms with van der Waals surface area (Å²) in [5.41, 5.74) is 3.97. The maximum atomic E-state index is 12.3. The zero-order valence-electron chi connectivity index (χ0n) is 15.9. The number of para-hydroxylation sites is 2. The fraction of sp³-hybridized carbons (Fsp3) is 0.474. The van der Waals surface area contributed by atoms with Gasteiger partial charge in [0.2, 0.25) is 0 Å². The Kier molecular flexibility index (Phi) is 6.07. The molecule has 0 aliphatic rings. The van der Waals surface area contributed by atoms with Gasteiger partial charge >= 0.3 is 6.03 Å². The van der Waals surface area contributed by atoms with Gasteiger partial charge in [-0.2, -0.15) is 5.10 Å². The van der Waals surface area contributed by atoms with Crippen LogP contribution < -0.4 is 15.4 Å². The quantitative estimate of drug-likeness (QED) is 0.842. The van der Waals surface area contributed by atoms with E-state index >= 15 is 0 Å². The number of carbonyl (C=O) groups excluding carboxylic acids is 1. The van der Waals surface area contributed by atoms with Crippen molar-refractivity contribution >= 4 is 11.7 Å². The van der Waals surface area contributed by atoms with Crippen LogP contribution in [0.5, 0.6) is 5.75 Å². The number of carbonyl (C=O) groups is 1. The van der Waals surface area contributed by atoms with Crippen LogP contribution in [0.15, 0.2) is 24.3 Å². The van der Waals surface area contributed by atoms with Crippen molar-refractivity contribution in [1.29, 1.82) is 0 Å². The molecule has 1 atom stereocenters. The second-order valence-electron chi connectivity index (χ2n) is 6.64. The maximum absolute atomic E-state index is 12.3. The van der Waals surface area contributed by atoms with Gasteiger partial charge in [0.15, 0.2) is 0 Å². The summed E-state index contributed by atoms with van der Waals surface area (Å²) < 4.78 is 7.60. The highest BCUT2D eigenvalue weighted by Crippen LogP contribution is 2.24. The Bertz CT molecular complexity index is 737. The summed E-state index contributed by atoms with van der Waals surface area (Å²) in [6.45, 7) is 9.94. The third-order valence-electron chi connectivity index (χ3n) is 4.04. The third-order valence-corrected chi connectivity index (χ3v) is 4.04. The lowest BCUT2D eigenvalue weighted by atomic mass is 10.1. The molecule has 136 valence electrons. The van der Waals surface area contributed by atoms with Crippen molar-refractivity contribution in [3.8, 4) is 5.75 Å². The fourth-order valence-corrected chi connectivity index (χ4v) is 2.78. The van der Waals surface area contributed by atoms with Gasteiger partial charge in [-0.25, -0.2) is 4.79 Å². The van der Waals surface area contributed by atoms with E-state index in [-0.39, 0.29) is 18.2 Å². The summed E-state index contributed by atoms with van der Waals surface area (Å²) in [7, 11) is 1.93. The van der Waals surface area contributed by atoms with E-state index in [1.54, 1.807) is 0 Å². The maximum Gasteiger partial charge on any atom is 0.319 e. The van der Waals surface area contributed by atoms with Gasteiger partial charge in [0.1, 0.15) is 5.75 Å². The lowest BCUT2D eigenvalue weighted by Gasteiger charge is -2.17. The third kappa shape index (κ3) is 4.98. The number of nitrogens with zero attached hydrogens (tertiary/aromatic N) is 2. The Hall–Kier alpha value is -2.50. The molecule has 0 fully saturated rings. The second kappa shape index (κ2) is 8.05. The SMILES string of the molecule is Cc1nn(C)c(C)c1CC(C)NC(=O)Nc1ccccc1OC(C)C. The smallest absolute Gasteiger partial charge is 0.319 e. The van der Waals surface area contributed by atoms with Crippen LogP contribution in [-0.4, -0.2) is 28.0 Å². The van der Waals surface area contributed by atoms with E-state index in [0.717, 1.165) is 17.8 Å². The Morgan fingerprint density at radius 1 is 1.24 bits per heavy atom. The molecule has 1 aromatic heterocycles. The fourth-order valence-electron chi connectivity index (χ4n) is 2.78. The molecule has 2 N–H and O–H groups in total. The molecule has 0 aliphatic heterocycles. The van der Waals surface area contributed by atoms with Gasteiger partial charge in [0, 0.05) is 18.8 Å². The Morgan fingerprint density at radius 2 is 1.92 bits per heavy atom. The molecule has 2 rings (SSSR count). The first-order valence-electron chi connectivity index (χ1n) is 8.60. The van der Waals surface area contributed by atoms with Crippen LogP contribution in [0.25, 0.3) is 0 Å². The molecule has 1 aromatic carbocycles. The molecule has 2 aromatic rings. The number of anilines is 1. The largest absolute Gasteiger partial charge is 0.489 e. The molecule has 0 saturated heterocycles. The predicted molar refractivity (Wildman–Crippen MR) is 100 cm³/mol. The number of hydrogen-bond acceptors (Lipinski definition) is 3. The van der Waals surface area contributed by atoms with Crippen molar-refractivity contribution in [2.75, 3.05) is 5.32 Å². The second-order valence-corrected chi connectivity index (χ2v) is 6.64. The van der Waals surface area contributed by atoms with E-state index in [0.29, 0.717) is 11.4 Å². The molecule has 1 heterocycles. The van der Waals surface area contributed by atoms with E-state index in [1.807, 2.05) is 70.6 Å². The van der Waals surface area contributed by atoms with Gasteiger partial charge in [-0.1, -0.05) is 12.1 Å². The average Bonchev–Trinajstić information content (AvgIpc) is 2.75. The number of ether oxygens (including phenoxy) is 1. The van der Waals surface area contributed by atoms with E-state index in [1.165, 1.54) is 5.56 Å². The monoisotopic (exact) mass is 344 g/mol. The van der Waals surface area contributed by atoms with Crippen LogP contribution in [-0.2, 0) is 13.5 Å². The molecule has 2 amide bonds. The van der Waals surface area contributed by atoms with Gasteiger partial charge in [0.25, 0.3) is 0 Å². The minimum atomic E-state index is -0.244. The number of nitrogens with one attached hydrogen (secondary N) is 2. The van der Waals surface area contributed by atoms with E-state index < -0.39 is 0 Å². The van der Waals surface area contributed by atoms with Crippen molar-refractivity contribution in [2.45, 2.75) is 53.2 Å². The van der Waals surface area contributed by atoms with Crippen LogP contribution in [0.4, 0.5) is 10.5 Å². The van der Waals surface area contributed by atoms with Crippen molar-refractivity contribution in [3.05, 3.63) is 41.2 Å². The van der Waals surface area contributed by atoms with E-state index in [9.17, 15) is 4.79 Å². The first-order valence-corrected chi connectivity index (χ1v) is 8.60. The number of benzene rings is 1. The Morgan fingerprint density at radius 3 is 2.52 bits per heavy atom. The van der Waals surface area contributed by atoms with E-state index in [2.05, 4.69) is 15.7 Å². The summed E-state index contributed by atoms with van der Waals surface area (Å²) >= 11 is 0. The highest BCUT2D eigenvalue weighted by atomic mass is 16.5. The van der Waals surface area contributed by atoms with Gasteiger partial charge in [-0.05, 0) is 58.7 Å². The number of aromatic nitrogens is 2. The molecule has 0 aliphatic carbocycles. The molecular weight excluding hydrogens is 316 g/mol. The lowest BCUT2D eigenvalue weighted by molar-refractivity contribution is 0.241. The lowest BCUT2D eigenvalue weighted by Crippen LogP contribution is -2.37. The van der Waals surface area contributed by atoms with Crippen LogP contribution in [0.2, 0.25) is 0 Å². The molecule has 6 nitrogen and oxygen atoms in total. The number of hydrogen-bond donors (Lipinski definition) is 2. The normalized spacial score (nSPS) is 12.1. The van der Waals surface area contributed by atoms with Crippen molar-refractivity contribution in [3.63, 3.8) is 0 Å². The van der Waals surface area contributed by atoms with E-state index in [4.69, 9.17) is 4.74 Å². The van der Waals surface area contributed by atoms with Crippen LogP contribution >= 0.6 is 0 Å². The summed E-state index contributed by atoms with van der Waals surface area (Å²) in [4.78, 5) is 12.3. The first kappa shape index (κ1) is 18.8. The summed E-state index contributed by atoms with van der Waals surface area (Å²) in [6, 6.07) is 7.18. The van der Waals surface area contributed by atoms with Crippen molar-refractivity contribution in [1.82, 2.24) is 15.1 Å². The molecule has 0 saturated carbocycles. The van der Waals surface area contributed by atoms with Gasteiger partial charge in [-0.3, -0.25) is 4.68 Å². The average molecular weight is 344 g/mol. The number of aryl methyl sites for hydroxylation is 2. The summed E-state index contributed by atoms with van der Waals surface area (Å²) in [5.74, 6) is 0.666. The molecule has 6 heteroatoms. The minimum absolute atomic E-state index is 0.0141. The highest BCUT2D eigenvalue weighted by molar-refractivity contribution is 5.91. The van der Waals surface area contributed by atoms with Crippen molar-refractivity contribution in [2.24, 2.45) is 7.05 Å². The molecule has 0 bridgehead atoms. The van der Waals surface area contributed by atoms with Crippen molar-refractivity contribution < 1.29 is 9.53 Å². The highest BCUT2D eigenvalue weighted by Gasteiger charge is 2.15. The number of rotatable bonds is 6. The Labute approximate surface area is 149 Å². The molecule has 1 unspecified atom stereocenters. The zero-order valence-corrected chi connectivity index (χ0v) is 15.9. The van der Waals surface area contributed by atoms with Gasteiger partial charge in [-0.15, -0.1) is 0 Å². The number of amides is 2. The number of urea groups is 1. The standard InChI is InChI=1S/C19H28N4O2/c1-12(2)25-18-10-8-7-9-17(18)21-19(24)20-13(3)11-16-14(4)22-23(6)15(16)5/h7-10,12-13H,11H2,1-6H3,(H2,20,21,24). The molecule has 25 heavy (non-hydrogen) atoms. The minimum Gasteiger partial charge on any atom is -0.489 e. The molecular formula is C19H28N4O2. The summed E-state index contributed by atoms with van der Waals surface area (Å²) in [6.07, 6.45) is 0.782. The van der Waals surface area contributed by atoms with Crippen LogP contribution in [0.1, 0.15) is 37.7 Å². The topological polar surface area (TPSA) is 68.2 Å². The van der Waals surface area contributed by atoms with Gasteiger partial charge in [0.05, 0.1) is 17.5 Å². The van der Waals surface area contributed by atoms with Gasteiger partial charge < -0.3 is 15.4 Å². The Balaban J connectivity index is 1.98. The van der Waals surface area contributed by atoms with Crippen LogP contribution in [0.3, 0.4) is 0 Å². The predicted octanol–water partition coefficient (Wildman–Crippen LogP) is 3.58. The van der Waals surface area contributed by atoms with Crippen LogP contribution in [0, 0.1) is 13.8 Å². The molecule has 0 radical (unpaired) electrons. The first-order chi connectivity index (χ1) is 11.8. The zero-order chi connectivity index (χ0) is 18.6. The summed E-state index contributed by atoms with van der Waals surface area (Å²) in [5, 5.41) is 10.3.